The largest absolute Gasteiger partial charge is 0.477 e. The number of carboxylic acid groups (broad SMARTS) is 1. The number of aromatic nitrogens is 4. The fourth-order valence-electron chi connectivity index (χ4n) is 3.60. The predicted octanol–water partition coefficient (Wildman–Crippen LogP) is -0.600. The van der Waals surface area contributed by atoms with Gasteiger partial charge in [0.1, 0.15) is 24.2 Å². The van der Waals surface area contributed by atoms with E-state index < -0.39 is 45.2 Å². The van der Waals surface area contributed by atoms with Crippen molar-refractivity contribution in [3.8, 4) is 0 Å². The van der Waals surface area contributed by atoms with Gasteiger partial charge in [-0.1, -0.05) is 47.2 Å². The number of nitrogens with one attached hydrogen (secondary N) is 1. The van der Waals surface area contributed by atoms with E-state index in [1.54, 1.807) is 30.3 Å². The molecule has 0 aliphatic carbocycles. The molecule has 0 saturated carbocycles. The lowest BCUT2D eigenvalue weighted by Crippen LogP contribution is -2.71. The first-order valence-electron chi connectivity index (χ1n) is 10.3. The minimum absolute atomic E-state index is 0.0344. The Morgan fingerprint density at radius 2 is 2.05 bits per heavy atom. The molecular weight excluding hydrogens is 550 g/mol. The van der Waals surface area contributed by atoms with Crippen molar-refractivity contribution in [1.29, 1.82) is 0 Å². The number of β-lactam (4-membered cyclic amide) rings is 1. The Labute approximate surface area is 218 Å². The number of tetrazole rings is 1. The van der Waals surface area contributed by atoms with Crippen LogP contribution in [0.2, 0.25) is 0 Å². The number of oxime groups is 1. The third-order valence-corrected chi connectivity index (χ3v) is 8.10. The van der Waals surface area contributed by atoms with Crippen molar-refractivity contribution in [3.05, 3.63) is 47.2 Å². The molecule has 0 spiro atoms. The van der Waals surface area contributed by atoms with Crippen LogP contribution in [0.15, 0.2) is 51.9 Å². The summed E-state index contributed by atoms with van der Waals surface area (Å²) in [6, 6.07) is 7.53. The molecule has 15 nitrogen and oxygen atoms in total. The van der Waals surface area contributed by atoms with E-state index in [4.69, 9.17) is 9.39 Å². The standard InChI is InChI=1S/C19H19N7O8S3/c1-34-22-12(10-5-3-2-4-6-10)15(27)20-13-16(28)26-14(18(29)30)11(7-35-17(13)26)8-36-19-21-23-24-25(19)9-37(31,32)33/h2-6,13,17H,7-9H2,1H3,(H,20,27)(H,29,30)(H,31,32,33)/b22-12+/t13-,17-/m1/s1. The highest BCUT2D eigenvalue weighted by Crippen LogP contribution is 2.41. The van der Waals surface area contributed by atoms with E-state index in [-0.39, 0.29) is 28.1 Å². The molecule has 1 fully saturated rings. The zero-order chi connectivity index (χ0) is 26.7. The lowest BCUT2D eigenvalue weighted by atomic mass is 10.0. The summed E-state index contributed by atoms with van der Waals surface area (Å²) in [6.45, 7) is 0. The maximum atomic E-state index is 12.9. The number of hydrogen-bond donors (Lipinski definition) is 3. The van der Waals surface area contributed by atoms with Crippen LogP contribution in [0.5, 0.6) is 0 Å². The van der Waals surface area contributed by atoms with Gasteiger partial charge >= 0.3 is 5.97 Å². The summed E-state index contributed by atoms with van der Waals surface area (Å²) >= 11 is 2.21. The van der Waals surface area contributed by atoms with E-state index in [9.17, 15) is 27.9 Å². The van der Waals surface area contributed by atoms with Crippen LogP contribution in [0.1, 0.15) is 5.56 Å². The number of rotatable bonds is 10. The van der Waals surface area contributed by atoms with Gasteiger partial charge in [0.25, 0.3) is 21.9 Å². The zero-order valence-corrected chi connectivity index (χ0v) is 21.4. The lowest BCUT2D eigenvalue weighted by Gasteiger charge is -2.49. The van der Waals surface area contributed by atoms with Gasteiger partial charge in [0.2, 0.25) is 5.16 Å². The Balaban J connectivity index is 1.49. The summed E-state index contributed by atoms with van der Waals surface area (Å²) < 4.78 is 32.2. The number of fused-ring (bicyclic) bond motifs is 1. The van der Waals surface area contributed by atoms with Gasteiger partial charge in [-0.3, -0.25) is 19.0 Å². The SMILES string of the molecule is CO/N=C(/C(=O)N[C@@H]1C(=O)N2C(C(=O)O)=C(CSc3nnnn3CS(=O)(=O)O)CS[C@H]12)c1ccccc1. The zero-order valence-electron chi connectivity index (χ0n) is 18.9. The Kier molecular flexibility index (Phi) is 7.81. The average molecular weight is 570 g/mol. The van der Waals surface area contributed by atoms with Crippen LogP contribution in [0.25, 0.3) is 0 Å². The topological polar surface area (TPSA) is 206 Å². The van der Waals surface area contributed by atoms with Gasteiger partial charge in [-0.15, -0.1) is 16.9 Å². The molecule has 2 aromatic rings. The average Bonchev–Trinajstić information content (AvgIpc) is 3.29. The molecule has 18 heteroatoms. The lowest BCUT2D eigenvalue weighted by molar-refractivity contribution is -0.150. The number of amides is 2. The number of nitrogens with zero attached hydrogens (tertiary/aromatic N) is 6. The Bertz CT molecular complexity index is 1390. The van der Waals surface area contributed by atoms with Crippen LogP contribution in [-0.4, -0.2) is 96.7 Å². The summed E-state index contributed by atoms with van der Waals surface area (Å²) in [7, 11) is -3.12. The maximum absolute atomic E-state index is 12.9. The molecule has 3 N–H and O–H groups in total. The van der Waals surface area contributed by atoms with Crippen LogP contribution in [0.4, 0.5) is 0 Å². The number of benzene rings is 1. The molecule has 196 valence electrons. The molecule has 2 aliphatic heterocycles. The van der Waals surface area contributed by atoms with Crippen LogP contribution in [-0.2, 0) is 35.2 Å². The molecule has 37 heavy (non-hydrogen) atoms. The van der Waals surface area contributed by atoms with Gasteiger partial charge < -0.3 is 15.3 Å². The summed E-state index contributed by atoms with van der Waals surface area (Å²) in [5.41, 5.74) is 0.589. The van der Waals surface area contributed by atoms with E-state index >= 15 is 0 Å². The molecule has 0 unspecified atom stereocenters. The number of thioether (sulfide) groups is 2. The molecule has 1 saturated heterocycles. The number of carboxylic acids is 1. The molecule has 4 rings (SSSR count). The first-order valence-corrected chi connectivity index (χ1v) is 14.0. The minimum atomic E-state index is -4.40. The van der Waals surface area contributed by atoms with E-state index in [1.807, 2.05) is 0 Å². The van der Waals surface area contributed by atoms with Crippen LogP contribution in [0, 0.1) is 0 Å². The molecule has 1 aromatic carbocycles. The molecule has 2 aliphatic rings. The smallest absolute Gasteiger partial charge is 0.352 e. The first-order chi connectivity index (χ1) is 17.6. The van der Waals surface area contributed by atoms with E-state index in [0.717, 1.165) is 21.3 Å². The van der Waals surface area contributed by atoms with Crippen molar-refractivity contribution in [2.75, 3.05) is 18.6 Å². The predicted molar refractivity (Wildman–Crippen MR) is 130 cm³/mol. The molecule has 0 radical (unpaired) electrons. The molecular formula is C19H19N7O8S3. The van der Waals surface area contributed by atoms with Crippen molar-refractivity contribution in [2.24, 2.45) is 5.16 Å². The van der Waals surface area contributed by atoms with Gasteiger partial charge in [-0.05, 0) is 16.0 Å². The molecule has 2 atom stereocenters. The fourth-order valence-corrected chi connectivity index (χ4v) is 6.53. The van der Waals surface area contributed by atoms with Crippen LogP contribution in [0.3, 0.4) is 0 Å². The summed E-state index contributed by atoms with van der Waals surface area (Å²) in [4.78, 5) is 43.8. The molecule has 1 aromatic heterocycles. The fraction of sp³-hybridized carbons (Fsp3) is 0.316. The van der Waals surface area contributed by atoms with Crippen molar-refractivity contribution >= 4 is 57.1 Å². The second kappa shape index (κ2) is 10.9. The van der Waals surface area contributed by atoms with Gasteiger partial charge in [-0.2, -0.15) is 8.42 Å². The summed E-state index contributed by atoms with van der Waals surface area (Å²) in [5, 5.41) is 26.1. The number of carbonyl (C=O) groups excluding carboxylic acids is 2. The van der Waals surface area contributed by atoms with Crippen molar-refractivity contribution in [1.82, 2.24) is 30.4 Å². The van der Waals surface area contributed by atoms with E-state index in [2.05, 4.69) is 26.0 Å². The quantitative estimate of drug-likeness (QED) is 0.108. The van der Waals surface area contributed by atoms with Crippen molar-refractivity contribution < 1.29 is 37.3 Å². The maximum Gasteiger partial charge on any atom is 0.352 e. The third kappa shape index (κ3) is 5.76. The van der Waals surface area contributed by atoms with Gasteiger partial charge in [-0.25, -0.2) is 9.48 Å². The van der Waals surface area contributed by atoms with Crippen LogP contribution < -0.4 is 5.32 Å². The van der Waals surface area contributed by atoms with Crippen molar-refractivity contribution in [2.45, 2.75) is 22.4 Å². The highest BCUT2D eigenvalue weighted by Gasteiger charge is 2.54. The second-order valence-electron chi connectivity index (χ2n) is 7.57. The Morgan fingerprint density at radius 3 is 2.70 bits per heavy atom. The van der Waals surface area contributed by atoms with Gasteiger partial charge in [0, 0.05) is 17.1 Å². The van der Waals surface area contributed by atoms with Crippen LogP contribution >= 0.6 is 23.5 Å². The van der Waals surface area contributed by atoms with E-state index in [1.165, 1.54) is 18.9 Å². The minimum Gasteiger partial charge on any atom is -0.477 e. The van der Waals surface area contributed by atoms with E-state index in [0.29, 0.717) is 11.1 Å². The third-order valence-electron chi connectivity index (χ3n) is 5.14. The monoisotopic (exact) mass is 569 g/mol. The normalized spacial score (nSPS) is 19.8. The van der Waals surface area contributed by atoms with Gasteiger partial charge in [0.15, 0.2) is 11.6 Å². The molecule has 2 amide bonds. The molecule has 0 bridgehead atoms. The number of carbonyl (C=O) groups is 3. The summed E-state index contributed by atoms with van der Waals surface area (Å²) in [6.07, 6.45) is 0. The van der Waals surface area contributed by atoms with Crippen molar-refractivity contribution in [3.63, 3.8) is 0 Å². The number of hydrogen-bond acceptors (Lipinski definition) is 12. The van der Waals surface area contributed by atoms with Gasteiger partial charge in [0.05, 0.1) is 0 Å². The molecule has 3 heterocycles. The second-order valence-corrected chi connectivity index (χ2v) is 11.0. The highest BCUT2D eigenvalue weighted by atomic mass is 32.2. The Morgan fingerprint density at radius 1 is 1.32 bits per heavy atom. The highest BCUT2D eigenvalue weighted by molar-refractivity contribution is 8.01. The summed E-state index contributed by atoms with van der Waals surface area (Å²) in [5.74, 6) is -3.21. The number of aliphatic carboxylic acids is 1. The Hall–Kier alpha value is -3.48. The first kappa shape index (κ1) is 26.6.